The number of rotatable bonds is 2. The van der Waals surface area contributed by atoms with E-state index in [1.165, 1.54) is 22.6 Å². The van der Waals surface area contributed by atoms with E-state index in [1.807, 2.05) is 0 Å². The summed E-state index contributed by atoms with van der Waals surface area (Å²) in [7, 11) is -4.10. The Hall–Kier alpha value is -0.550. The lowest BCUT2D eigenvalue weighted by molar-refractivity contribution is 0.148. The molecule has 0 spiro atoms. The number of alkyl halides is 2. The molecule has 0 aliphatic carbocycles. The van der Waals surface area contributed by atoms with Gasteiger partial charge in [-0.1, -0.05) is 0 Å². The van der Waals surface area contributed by atoms with Crippen molar-refractivity contribution in [3.05, 3.63) is 25.6 Å². The van der Waals surface area contributed by atoms with Crippen molar-refractivity contribution >= 4 is 32.6 Å². The molecular weight excluding hydrogens is 345 g/mol. The van der Waals surface area contributed by atoms with E-state index in [0.29, 0.717) is 6.07 Å². The number of hydrogen-bond acceptors (Lipinski definition) is 3. The largest absolute Gasteiger partial charge is 0.339 e. The zero-order chi connectivity index (χ0) is 11.8. The van der Waals surface area contributed by atoms with E-state index in [-0.39, 0.29) is 3.70 Å². The van der Waals surface area contributed by atoms with Gasteiger partial charge in [0.05, 0.1) is 9.26 Å². The maximum Gasteiger partial charge on any atom is 0.270 e. The van der Waals surface area contributed by atoms with Crippen molar-refractivity contribution in [3.8, 4) is 0 Å². The van der Waals surface area contributed by atoms with Crippen LogP contribution in [0.4, 0.5) is 8.78 Å². The summed E-state index contributed by atoms with van der Waals surface area (Å²) in [6.45, 7) is 0. The molecule has 0 amide bonds. The van der Waals surface area contributed by atoms with E-state index in [2.05, 4.69) is 4.98 Å². The van der Waals surface area contributed by atoms with Crippen LogP contribution in [0.15, 0.2) is 15.9 Å². The average Bonchev–Trinajstić information content (AvgIpc) is 1.99. The summed E-state index contributed by atoms with van der Waals surface area (Å²) in [5.74, 6) is 0. The van der Waals surface area contributed by atoms with E-state index in [4.69, 9.17) is 5.14 Å². The molecule has 1 rings (SSSR count). The number of halogens is 3. The first-order valence-corrected chi connectivity index (χ1v) is 6.09. The molecule has 15 heavy (non-hydrogen) atoms. The molecule has 84 valence electrons. The minimum atomic E-state index is -4.10. The van der Waals surface area contributed by atoms with E-state index < -0.39 is 32.5 Å². The summed E-state index contributed by atoms with van der Waals surface area (Å²) in [6, 6.07) is 0.541. The van der Waals surface area contributed by atoms with Crippen molar-refractivity contribution in [2.45, 2.75) is 11.5 Å². The topological polar surface area (TPSA) is 93.0 Å². The number of nitrogens with two attached hydrogens (primary N) is 1. The lowest BCUT2D eigenvalue weighted by Gasteiger charge is -2.04. The Kier molecular flexibility index (Phi) is 3.45. The second-order valence-electron chi connectivity index (χ2n) is 2.57. The fourth-order valence-electron chi connectivity index (χ4n) is 0.873. The summed E-state index contributed by atoms with van der Waals surface area (Å²) in [5.41, 5.74) is -1.82. The molecule has 9 heteroatoms. The highest BCUT2D eigenvalue weighted by molar-refractivity contribution is 14.1. The van der Waals surface area contributed by atoms with Crippen LogP contribution in [0, 0.1) is 3.70 Å². The molecule has 1 aromatic rings. The van der Waals surface area contributed by atoms with Crippen molar-refractivity contribution < 1.29 is 17.2 Å². The van der Waals surface area contributed by atoms with Gasteiger partial charge in [-0.05, 0) is 22.6 Å². The van der Waals surface area contributed by atoms with Crippen LogP contribution >= 0.6 is 22.6 Å². The molecule has 0 atom stereocenters. The third-order valence-electron chi connectivity index (χ3n) is 1.52. The third kappa shape index (κ3) is 2.72. The molecule has 0 saturated carbocycles. The number of nitrogens with one attached hydrogen (secondary N) is 1. The maximum atomic E-state index is 12.3. The van der Waals surface area contributed by atoms with Crippen LogP contribution in [-0.4, -0.2) is 13.4 Å². The number of sulfonamides is 1. The number of hydrogen-bond donors (Lipinski definition) is 2. The SMILES string of the molecule is NS(=O)(=O)c1cc(=O)c(C(F)F)c(I)[nH]1. The summed E-state index contributed by atoms with van der Waals surface area (Å²) in [4.78, 5) is 13.3. The van der Waals surface area contributed by atoms with Gasteiger partial charge in [0.2, 0.25) is 0 Å². The first kappa shape index (κ1) is 12.5. The van der Waals surface area contributed by atoms with Crippen LogP contribution in [0.25, 0.3) is 0 Å². The summed E-state index contributed by atoms with van der Waals surface area (Å²) < 4.78 is 46.1. The van der Waals surface area contributed by atoms with Crippen molar-refractivity contribution in [1.82, 2.24) is 4.98 Å². The molecule has 1 heterocycles. The van der Waals surface area contributed by atoms with Gasteiger partial charge in [-0.3, -0.25) is 4.79 Å². The monoisotopic (exact) mass is 350 g/mol. The van der Waals surface area contributed by atoms with Gasteiger partial charge in [0, 0.05) is 6.07 Å². The lowest BCUT2D eigenvalue weighted by atomic mass is 10.3. The van der Waals surface area contributed by atoms with E-state index in [9.17, 15) is 22.0 Å². The van der Waals surface area contributed by atoms with Crippen LogP contribution in [0.1, 0.15) is 12.0 Å². The van der Waals surface area contributed by atoms with E-state index in [1.54, 1.807) is 0 Å². The normalized spacial score (nSPS) is 12.1. The molecule has 0 saturated heterocycles. The number of pyridine rings is 1. The highest BCUT2D eigenvalue weighted by atomic mass is 127. The summed E-state index contributed by atoms with van der Waals surface area (Å²) >= 11 is 1.41. The van der Waals surface area contributed by atoms with Crippen molar-refractivity contribution in [2.75, 3.05) is 0 Å². The highest BCUT2D eigenvalue weighted by Gasteiger charge is 2.20. The third-order valence-corrected chi connectivity index (χ3v) is 3.21. The Morgan fingerprint density at radius 2 is 2.00 bits per heavy atom. The van der Waals surface area contributed by atoms with Gasteiger partial charge < -0.3 is 4.98 Å². The van der Waals surface area contributed by atoms with E-state index >= 15 is 0 Å². The number of aromatic amines is 1. The number of aromatic nitrogens is 1. The minimum absolute atomic E-state index is 0.237. The summed E-state index contributed by atoms with van der Waals surface area (Å²) in [5, 5.41) is 4.15. The first-order chi connectivity index (χ1) is 6.73. The minimum Gasteiger partial charge on any atom is -0.339 e. The zero-order valence-electron chi connectivity index (χ0n) is 7.00. The van der Waals surface area contributed by atoms with E-state index in [0.717, 1.165) is 0 Å². The molecule has 0 unspecified atom stereocenters. The van der Waals surface area contributed by atoms with Gasteiger partial charge >= 0.3 is 0 Å². The molecule has 0 aromatic carbocycles. The highest BCUT2D eigenvalue weighted by Crippen LogP contribution is 2.20. The Morgan fingerprint density at radius 3 is 2.33 bits per heavy atom. The van der Waals surface area contributed by atoms with Gasteiger partial charge in [-0.2, -0.15) is 0 Å². The van der Waals surface area contributed by atoms with Gasteiger partial charge in [-0.25, -0.2) is 22.3 Å². The smallest absolute Gasteiger partial charge is 0.270 e. The van der Waals surface area contributed by atoms with Gasteiger partial charge in [0.15, 0.2) is 10.5 Å². The zero-order valence-corrected chi connectivity index (χ0v) is 9.97. The Bertz CT molecular complexity index is 540. The second-order valence-corrected chi connectivity index (χ2v) is 5.18. The van der Waals surface area contributed by atoms with Crippen LogP contribution in [0.3, 0.4) is 0 Å². The molecule has 5 nitrogen and oxygen atoms in total. The van der Waals surface area contributed by atoms with Gasteiger partial charge in [0.25, 0.3) is 16.4 Å². The van der Waals surface area contributed by atoms with Crippen LogP contribution in [-0.2, 0) is 10.0 Å². The summed E-state index contributed by atoms with van der Waals surface area (Å²) in [6.07, 6.45) is -2.96. The molecule has 0 aliphatic heterocycles. The fourth-order valence-corrected chi connectivity index (χ4v) is 2.36. The van der Waals surface area contributed by atoms with Gasteiger partial charge in [-0.15, -0.1) is 0 Å². The first-order valence-electron chi connectivity index (χ1n) is 3.47. The van der Waals surface area contributed by atoms with Crippen LogP contribution in [0.5, 0.6) is 0 Å². The Labute approximate surface area is 96.9 Å². The average molecular weight is 350 g/mol. The van der Waals surface area contributed by atoms with Crippen LogP contribution in [0.2, 0.25) is 0 Å². The number of H-pyrrole nitrogens is 1. The standard InChI is InChI=1S/C6H5F2IN2O3S/c7-5(8)4-2(12)1-3(11-6(4)9)15(10,13)14/h1,5H,(H,11,12)(H2,10,13,14). The molecule has 0 radical (unpaired) electrons. The lowest BCUT2D eigenvalue weighted by Crippen LogP contribution is -2.20. The Morgan fingerprint density at radius 1 is 1.47 bits per heavy atom. The fraction of sp³-hybridized carbons (Fsp3) is 0.167. The molecule has 0 aliphatic rings. The van der Waals surface area contributed by atoms with Crippen molar-refractivity contribution in [3.63, 3.8) is 0 Å². The Balaban J connectivity index is 3.53. The quantitative estimate of drug-likeness (QED) is 0.603. The van der Waals surface area contributed by atoms with Crippen LogP contribution < -0.4 is 10.6 Å². The predicted octanol–water partition coefficient (Wildman–Crippen LogP) is 0.565. The molecule has 1 aromatic heterocycles. The van der Waals surface area contributed by atoms with Crippen molar-refractivity contribution in [2.24, 2.45) is 5.14 Å². The molecular formula is C6H5F2IN2O3S. The molecule has 0 fully saturated rings. The second kappa shape index (κ2) is 4.14. The molecule has 0 bridgehead atoms. The number of primary sulfonamides is 1. The molecule has 3 N–H and O–H groups in total. The predicted molar refractivity (Wildman–Crippen MR) is 56.1 cm³/mol. The maximum absolute atomic E-state index is 12.3. The van der Waals surface area contributed by atoms with Gasteiger partial charge in [0.1, 0.15) is 0 Å². The van der Waals surface area contributed by atoms with Crippen molar-refractivity contribution in [1.29, 1.82) is 0 Å².